The average Bonchev–Trinajstić information content (AvgIpc) is 2.10. The summed E-state index contributed by atoms with van der Waals surface area (Å²) in [5.41, 5.74) is 1.64. The first-order valence-electron chi connectivity index (χ1n) is 4.05. The molecular formula is C10H10BrClO. The van der Waals surface area contributed by atoms with Crippen LogP contribution in [0.5, 0.6) is 0 Å². The molecule has 0 saturated carbocycles. The van der Waals surface area contributed by atoms with Crippen LogP contribution in [0.1, 0.15) is 29.3 Å². The van der Waals surface area contributed by atoms with Gasteiger partial charge in [0.15, 0.2) is 5.78 Å². The van der Waals surface area contributed by atoms with Crippen LogP contribution in [0, 0.1) is 6.92 Å². The van der Waals surface area contributed by atoms with E-state index in [1.165, 1.54) is 0 Å². The van der Waals surface area contributed by atoms with Gasteiger partial charge in [-0.1, -0.05) is 18.5 Å². The van der Waals surface area contributed by atoms with E-state index in [2.05, 4.69) is 15.9 Å². The predicted octanol–water partition coefficient (Wildman–Crippen LogP) is 4.00. The van der Waals surface area contributed by atoms with Gasteiger partial charge in [-0.2, -0.15) is 0 Å². The van der Waals surface area contributed by atoms with Crippen LogP contribution in [0.4, 0.5) is 0 Å². The zero-order chi connectivity index (χ0) is 10.0. The van der Waals surface area contributed by atoms with Crippen LogP contribution >= 0.6 is 27.5 Å². The van der Waals surface area contributed by atoms with Gasteiger partial charge in [0.2, 0.25) is 0 Å². The highest BCUT2D eigenvalue weighted by molar-refractivity contribution is 9.10. The molecule has 0 amide bonds. The molecule has 0 bridgehead atoms. The van der Waals surface area contributed by atoms with E-state index in [1.807, 2.05) is 26.0 Å². The van der Waals surface area contributed by atoms with E-state index >= 15 is 0 Å². The molecule has 0 fully saturated rings. The third-order valence-corrected chi connectivity index (χ3v) is 3.05. The van der Waals surface area contributed by atoms with Crippen LogP contribution in [-0.4, -0.2) is 5.78 Å². The molecule has 1 rings (SSSR count). The number of hydrogen-bond acceptors (Lipinski definition) is 1. The Balaban J connectivity index is 3.28. The standard InChI is InChI=1S/C10H10BrClO/c1-3-9(13)7-4-6(2)5-8(11)10(7)12/h4-5H,3H2,1-2H3. The molecule has 3 heteroatoms. The molecular weight excluding hydrogens is 251 g/mol. The number of carbonyl (C=O) groups excluding carboxylic acids is 1. The topological polar surface area (TPSA) is 17.1 Å². The minimum atomic E-state index is 0.0781. The fraction of sp³-hybridized carbons (Fsp3) is 0.300. The molecule has 1 aromatic carbocycles. The molecule has 0 heterocycles. The zero-order valence-electron chi connectivity index (χ0n) is 7.53. The fourth-order valence-electron chi connectivity index (χ4n) is 1.12. The monoisotopic (exact) mass is 260 g/mol. The first kappa shape index (κ1) is 10.7. The molecule has 0 radical (unpaired) electrons. The highest BCUT2D eigenvalue weighted by atomic mass is 79.9. The Morgan fingerprint density at radius 3 is 2.69 bits per heavy atom. The van der Waals surface area contributed by atoms with Gasteiger partial charge in [-0.3, -0.25) is 4.79 Å². The van der Waals surface area contributed by atoms with Crippen LogP contribution in [0.25, 0.3) is 0 Å². The van der Waals surface area contributed by atoms with E-state index in [0.717, 1.165) is 10.0 Å². The first-order chi connectivity index (χ1) is 6.06. The number of Topliss-reactive ketones (excluding diaryl/α,β-unsaturated/α-hetero) is 1. The molecule has 0 atom stereocenters. The molecule has 0 aliphatic carbocycles. The molecule has 0 unspecified atom stereocenters. The number of aryl methyl sites for hydroxylation is 1. The summed E-state index contributed by atoms with van der Waals surface area (Å²) in [6.45, 7) is 3.77. The van der Waals surface area contributed by atoms with Gasteiger partial charge in [0, 0.05) is 16.5 Å². The summed E-state index contributed by atoms with van der Waals surface area (Å²) in [6.07, 6.45) is 0.482. The lowest BCUT2D eigenvalue weighted by Gasteiger charge is -2.05. The van der Waals surface area contributed by atoms with Crippen LogP contribution in [-0.2, 0) is 0 Å². The maximum atomic E-state index is 11.4. The van der Waals surface area contributed by atoms with E-state index in [1.54, 1.807) is 0 Å². The van der Waals surface area contributed by atoms with Crippen molar-refractivity contribution in [3.63, 3.8) is 0 Å². The average molecular weight is 262 g/mol. The van der Waals surface area contributed by atoms with Crippen molar-refractivity contribution in [3.05, 3.63) is 32.8 Å². The summed E-state index contributed by atoms with van der Waals surface area (Å²) in [5.74, 6) is 0.0781. The minimum Gasteiger partial charge on any atom is -0.294 e. The summed E-state index contributed by atoms with van der Waals surface area (Å²) in [5, 5.41) is 0.512. The van der Waals surface area contributed by atoms with Crippen LogP contribution < -0.4 is 0 Å². The van der Waals surface area contributed by atoms with Crippen LogP contribution in [0.15, 0.2) is 16.6 Å². The van der Waals surface area contributed by atoms with E-state index in [9.17, 15) is 4.79 Å². The van der Waals surface area contributed by atoms with Crippen molar-refractivity contribution in [1.29, 1.82) is 0 Å². The molecule has 0 saturated heterocycles. The Morgan fingerprint density at radius 1 is 1.54 bits per heavy atom. The molecule has 1 aromatic rings. The van der Waals surface area contributed by atoms with Crippen LogP contribution in [0.3, 0.4) is 0 Å². The summed E-state index contributed by atoms with van der Waals surface area (Å²) >= 11 is 9.28. The largest absolute Gasteiger partial charge is 0.294 e. The van der Waals surface area contributed by atoms with Gasteiger partial charge >= 0.3 is 0 Å². The Morgan fingerprint density at radius 2 is 2.15 bits per heavy atom. The second-order valence-electron chi connectivity index (χ2n) is 2.89. The summed E-state index contributed by atoms with van der Waals surface area (Å²) in [4.78, 5) is 11.4. The minimum absolute atomic E-state index is 0.0781. The van der Waals surface area contributed by atoms with Crippen molar-refractivity contribution in [2.24, 2.45) is 0 Å². The van der Waals surface area contributed by atoms with Crippen molar-refractivity contribution in [3.8, 4) is 0 Å². The van der Waals surface area contributed by atoms with E-state index < -0.39 is 0 Å². The number of benzene rings is 1. The van der Waals surface area contributed by atoms with E-state index in [0.29, 0.717) is 17.0 Å². The van der Waals surface area contributed by atoms with Crippen molar-refractivity contribution < 1.29 is 4.79 Å². The molecule has 0 aromatic heterocycles. The van der Waals surface area contributed by atoms with Gasteiger partial charge in [0.05, 0.1) is 5.02 Å². The molecule has 70 valence electrons. The predicted molar refractivity (Wildman–Crippen MR) is 58.5 cm³/mol. The maximum Gasteiger partial charge on any atom is 0.164 e. The highest BCUT2D eigenvalue weighted by Crippen LogP contribution is 2.28. The second kappa shape index (κ2) is 4.25. The van der Waals surface area contributed by atoms with Gasteiger partial charge < -0.3 is 0 Å². The highest BCUT2D eigenvalue weighted by Gasteiger charge is 2.11. The molecule has 13 heavy (non-hydrogen) atoms. The number of rotatable bonds is 2. The zero-order valence-corrected chi connectivity index (χ0v) is 9.87. The molecule has 0 spiro atoms. The van der Waals surface area contributed by atoms with Crippen molar-refractivity contribution in [2.75, 3.05) is 0 Å². The van der Waals surface area contributed by atoms with Gasteiger partial charge in [-0.25, -0.2) is 0 Å². The smallest absolute Gasteiger partial charge is 0.164 e. The quantitative estimate of drug-likeness (QED) is 0.735. The van der Waals surface area contributed by atoms with Gasteiger partial charge in [0.1, 0.15) is 0 Å². The Bertz CT molecular complexity index is 347. The molecule has 0 aliphatic rings. The lowest BCUT2D eigenvalue weighted by Crippen LogP contribution is -1.98. The van der Waals surface area contributed by atoms with Crippen LogP contribution in [0.2, 0.25) is 5.02 Å². The van der Waals surface area contributed by atoms with E-state index in [-0.39, 0.29) is 5.78 Å². The first-order valence-corrected chi connectivity index (χ1v) is 5.22. The second-order valence-corrected chi connectivity index (χ2v) is 4.12. The number of carbonyl (C=O) groups is 1. The van der Waals surface area contributed by atoms with E-state index in [4.69, 9.17) is 11.6 Å². The number of halogens is 2. The normalized spacial score (nSPS) is 10.2. The lowest BCUT2D eigenvalue weighted by atomic mass is 10.1. The number of ketones is 1. The van der Waals surface area contributed by atoms with Gasteiger partial charge in [-0.05, 0) is 40.5 Å². The van der Waals surface area contributed by atoms with Gasteiger partial charge in [0.25, 0.3) is 0 Å². The summed E-state index contributed by atoms with van der Waals surface area (Å²) < 4.78 is 0.783. The Kier molecular flexibility index (Phi) is 3.51. The summed E-state index contributed by atoms with van der Waals surface area (Å²) in [7, 11) is 0. The maximum absolute atomic E-state index is 11.4. The summed E-state index contributed by atoms with van der Waals surface area (Å²) in [6, 6.07) is 3.72. The molecule has 1 nitrogen and oxygen atoms in total. The van der Waals surface area contributed by atoms with Crippen molar-refractivity contribution >= 4 is 33.3 Å². The SMILES string of the molecule is CCC(=O)c1cc(C)cc(Br)c1Cl. The van der Waals surface area contributed by atoms with Gasteiger partial charge in [-0.15, -0.1) is 0 Å². The Labute approximate surface area is 91.2 Å². The Hall–Kier alpha value is -0.340. The molecule has 0 N–H and O–H groups in total. The van der Waals surface area contributed by atoms with Crippen molar-refractivity contribution in [1.82, 2.24) is 0 Å². The lowest BCUT2D eigenvalue weighted by molar-refractivity contribution is 0.0988. The third kappa shape index (κ3) is 2.32. The third-order valence-electron chi connectivity index (χ3n) is 1.79. The molecule has 0 aliphatic heterocycles. The number of hydrogen-bond donors (Lipinski definition) is 0. The van der Waals surface area contributed by atoms with Crippen molar-refractivity contribution in [2.45, 2.75) is 20.3 Å². The fourth-order valence-corrected chi connectivity index (χ4v) is 1.91.